The normalized spacial score (nSPS) is 28.9. The fourth-order valence-electron chi connectivity index (χ4n) is 9.22. The fraction of sp³-hybridized carbons (Fsp3) is 0.643. The fourth-order valence-corrected chi connectivity index (χ4v) is 10.6. The van der Waals surface area contributed by atoms with Crippen molar-refractivity contribution < 1.29 is 59.7 Å². The quantitative estimate of drug-likeness (QED) is 0.218. The highest BCUT2D eigenvalue weighted by Gasteiger charge is 2.64. The topological polar surface area (TPSA) is 188 Å². The number of pyridine rings is 1. The van der Waals surface area contributed by atoms with E-state index >= 15 is 4.79 Å². The summed E-state index contributed by atoms with van der Waals surface area (Å²) >= 11 is 0. The van der Waals surface area contributed by atoms with E-state index in [4.69, 9.17) is 9.47 Å². The lowest BCUT2D eigenvalue weighted by Gasteiger charge is -2.46. The Morgan fingerprint density at radius 3 is 2.52 bits per heavy atom. The number of anilines is 1. The third-order valence-corrected chi connectivity index (χ3v) is 15.7. The average molecular weight is 895 g/mol. The van der Waals surface area contributed by atoms with E-state index in [9.17, 15) is 45.5 Å². The van der Waals surface area contributed by atoms with Crippen LogP contribution in [0, 0.1) is 17.8 Å². The summed E-state index contributed by atoms with van der Waals surface area (Å²) in [6, 6.07) is 1.91. The molecule has 0 unspecified atom stereocenters. The van der Waals surface area contributed by atoms with Crippen molar-refractivity contribution in [2.45, 2.75) is 119 Å². The van der Waals surface area contributed by atoms with Crippen LogP contribution in [0.25, 0.3) is 10.8 Å². The van der Waals surface area contributed by atoms with Crippen molar-refractivity contribution in [1.29, 1.82) is 0 Å². The largest absolute Gasteiger partial charge is 0.489 e. The van der Waals surface area contributed by atoms with Crippen molar-refractivity contribution in [3.05, 3.63) is 36.5 Å². The summed E-state index contributed by atoms with van der Waals surface area (Å²) < 4.78 is 97.7. The second-order valence-corrected chi connectivity index (χ2v) is 20.1. The lowest BCUT2D eigenvalue weighted by atomic mass is 9.82. The Kier molecular flexibility index (Phi) is 11.9. The summed E-state index contributed by atoms with van der Waals surface area (Å²) in [5.41, 5.74) is -4.07. The highest BCUT2D eigenvalue weighted by molar-refractivity contribution is 7.91. The summed E-state index contributed by atoms with van der Waals surface area (Å²) in [6.07, 6.45) is -2.31. The second kappa shape index (κ2) is 16.3. The molecule has 3 fully saturated rings. The number of amides is 4. The lowest BCUT2D eigenvalue weighted by Crippen LogP contribution is -2.66. The van der Waals surface area contributed by atoms with Crippen LogP contribution in [0.2, 0.25) is 0 Å². The van der Waals surface area contributed by atoms with Crippen molar-refractivity contribution in [3.63, 3.8) is 0 Å². The first-order valence-corrected chi connectivity index (χ1v) is 22.5. The Balaban J connectivity index is 1.30. The zero-order chi connectivity index (χ0) is 45.2. The molecule has 0 spiro atoms. The van der Waals surface area contributed by atoms with Crippen LogP contribution < -0.4 is 24.4 Å². The van der Waals surface area contributed by atoms with E-state index in [-0.39, 0.29) is 55.2 Å². The molecule has 340 valence electrons. The Hall–Kier alpha value is -4.88. The van der Waals surface area contributed by atoms with Crippen molar-refractivity contribution in [3.8, 4) is 11.6 Å². The third-order valence-electron chi connectivity index (χ3n) is 13.6. The molecule has 2 aromatic rings. The van der Waals surface area contributed by atoms with E-state index in [1.54, 1.807) is 31.2 Å². The molecular weight excluding hydrogens is 841 g/mol. The lowest BCUT2D eigenvalue weighted by molar-refractivity contribution is -0.222. The number of likely N-dealkylation sites (N-methyl/N-ethyl adjacent to an activating group) is 1. The van der Waals surface area contributed by atoms with Gasteiger partial charge >= 0.3 is 12.3 Å². The van der Waals surface area contributed by atoms with Crippen LogP contribution in [-0.2, 0) is 24.4 Å². The molecule has 7 rings (SSSR count). The Labute approximate surface area is 357 Å². The molecule has 15 nitrogen and oxygen atoms in total. The predicted molar refractivity (Wildman–Crippen MR) is 219 cm³/mol. The van der Waals surface area contributed by atoms with Crippen LogP contribution in [0.15, 0.2) is 36.5 Å². The number of sulfonamides is 1. The summed E-state index contributed by atoms with van der Waals surface area (Å²) in [6.45, 7) is 4.37. The molecule has 3 N–H and O–H groups in total. The maximum Gasteiger partial charge on any atom is 0.411 e. The average Bonchev–Trinajstić information content (AvgIpc) is 4.11. The van der Waals surface area contributed by atoms with Crippen molar-refractivity contribution in [2.75, 3.05) is 38.3 Å². The maximum absolute atomic E-state index is 15.2. The zero-order valence-corrected chi connectivity index (χ0v) is 36.2. The van der Waals surface area contributed by atoms with Gasteiger partial charge < -0.3 is 29.7 Å². The van der Waals surface area contributed by atoms with Gasteiger partial charge in [-0.25, -0.2) is 22.6 Å². The van der Waals surface area contributed by atoms with Gasteiger partial charge in [0, 0.05) is 36.4 Å². The number of allylic oxidation sites excluding steroid dienone is 1. The number of fused-ring (bicyclic) bond motifs is 5. The van der Waals surface area contributed by atoms with Crippen LogP contribution in [0.5, 0.6) is 11.6 Å². The highest BCUT2D eigenvalue weighted by atomic mass is 32.2. The molecule has 62 heavy (non-hydrogen) atoms. The highest BCUT2D eigenvalue weighted by Crippen LogP contribution is 2.49. The summed E-state index contributed by atoms with van der Waals surface area (Å²) in [5.74, 6) is -4.24. The summed E-state index contributed by atoms with van der Waals surface area (Å²) in [5, 5.41) is 14.5. The van der Waals surface area contributed by atoms with E-state index < -0.39 is 99.1 Å². The second-order valence-electron chi connectivity index (χ2n) is 18.1. The Morgan fingerprint density at radius 2 is 1.87 bits per heavy atom. The number of carbonyl (C=O) groups excluding carboxylic acids is 3. The first-order chi connectivity index (χ1) is 29.1. The number of aromatic nitrogens is 1. The molecule has 2 aliphatic carbocycles. The number of hydrogen-bond donors (Lipinski definition) is 3. The minimum atomic E-state index is -5.12. The molecule has 7 atom stereocenters. The summed E-state index contributed by atoms with van der Waals surface area (Å²) in [7, 11) is -2.59. The Bertz CT molecular complexity index is 2260. The maximum atomic E-state index is 15.2. The number of hydrogen-bond acceptors (Lipinski definition) is 10. The van der Waals surface area contributed by atoms with Gasteiger partial charge in [0.25, 0.3) is 5.91 Å². The van der Waals surface area contributed by atoms with E-state index in [1.807, 2.05) is 29.7 Å². The third kappa shape index (κ3) is 7.99. The van der Waals surface area contributed by atoms with E-state index in [1.165, 1.54) is 6.20 Å². The molecular formula is C42H54F4N6O9S. The number of nitrogens with zero attached hydrogens (tertiary/aromatic N) is 4. The van der Waals surface area contributed by atoms with Crippen LogP contribution in [0.3, 0.4) is 0 Å². The number of ether oxygens (including phenoxy) is 2. The van der Waals surface area contributed by atoms with Crippen LogP contribution in [-0.4, -0.2) is 126 Å². The number of halogens is 4. The summed E-state index contributed by atoms with van der Waals surface area (Å²) in [4.78, 5) is 64.7. The van der Waals surface area contributed by atoms with Crippen molar-refractivity contribution in [2.24, 2.45) is 17.8 Å². The van der Waals surface area contributed by atoms with Crippen LogP contribution in [0.1, 0.15) is 79.1 Å². The van der Waals surface area contributed by atoms with Gasteiger partial charge in [-0.15, -0.1) is 0 Å². The van der Waals surface area contributed by atoms with Crippen LogP contribution in [0.4, 0.5) is 28.0 Å². The Morgan fingerprint density at radius 1 is 1.15 bits per heavy atom. The van der Waals surface area contributed by atoms with Gasteiger partial charge in [0.05, 0.1) is 18.8 Å². The molecule has 0 radical (unpaired) electrons. The first kappa shape index (κ1) is 45.2. The molecule has 3 aliphatic heterocycles. The minimum Gasteiger partial charge on any atom is -0.489 e. The van der Waals surface area contributed by atoms with Crippen LogP contribution >= 0.6 is 0 Å². The monoisotopic (exact) mass is 894 g/mol. The number of rotatable bonds is 9. The smallest absolute Gasteiger partial charge is 0.411 e. The van der Waals surface area contributed by atoms with Gasteiger partial charge in [0.1, 0.15) is 47.3 Å². The van der Waals surface area contributed by atoms with E-state index in [0.29, 0.717) is 56.4 Å². The van der Waals surface area contributed by atoms with Crippen molar-refractivity contribution in [1.82, 2.24) is 24.8 Å². The molecule has 1 saturated heterocycles. The van der Waals surface area contributed by atoms with E-state index in [0.717, 1.165) is 10.6 Å². The standard InChI is InChI=1S/C42H54F4N6O9S/c1-6-25-19-24(2)9-7-8-10-26-21-41(26,37(55)49-62(58,59)40(23-43)14-15-40)48-34(53)31-20-27(22-51(31)36(54)32(25)52(38(56)57)39(3,4)42(44,45)46)61-35-29-11-12-30-33(28(29)13-16-47-35)60-18-17-50(30)5/h8,10-13,16,24-27,31-32H,6-7,9,14-15,17-23H2,1-5H3,(H,48,53)(H,49,55)(H,56,57)/t24-,25+,26+,27+,31-,32-,41+/m0/s1. The molecule has 1 aromatic heterocycles. The molecule has 1 aromatic carbocycles. The van der Waals surface area contributed by atoms with Gasteiger partial charge in [-0.05, 0) is 82.4 Å². The zero-order valence-electron chi connectivity index (χ0n) is 35.3. The number of carbonyl (C=O) groups is 4. The SMILES string of the molecule is CC[C@@H]1C[C@@H](C)CCC=C[C@@H]2C[C@@]2(C(=O)NS(=O)(=O)C2(CF)CC2)NC(=O)[C@@H]2C[C@@H](Oc3nccc4c5c(ccc34)N(C)CCO5)CN2C(=O)[C@H]1N(C(=O)O)C(C)(C)C(F)(F)F. The molecule has 4 heterocycles. The molecule has 2 saturated carbocycles. The number of benzene rings is 1. The van der Waals surface area contributed by atoms with Crippen molar-refractivity contribution >= 4 is 50.3 Å². The number of alkyl halides is 4. The van der Waals surface area contributed by atoms with Gasteiger partial charge in [-0.1, -0.05) is 32.4 Å². The van der Waals surface area contributed by atoms with Gasteiger partial charge in [-0.2, -0.15) is 13.2 Å². The van der Waals surface area contributed by atoms with E-state index in [2.05, 4.69) is 10.3 Å². The first-order valence-electron chi connectivity index (χ1n) is 21.0. The van der Waals surface area contributed by atoms with Gasteiger partial charge in [0.15, 0.2) is 5.75 Å². The molecule has 0 bridgehead atoms. The predicted octanol–water partition coefficient (Wildman–Crippen LogP) is 5.33. The molecule has 20 heteroatoms. The molecule has 4 amide bonds. The number of nitrogens with one attached hydrogen (secondary N) is 2. The van der Waals surface area contributed by atoms with Gasteiger partial charge in [-0.3, -0.25) is 24.0 Å². The molecule has 5 aliphatic rings. The number of carboxylic acid groups (broad SMARTS) is 1. The van der Waals surface area contributed by atoms with Gasteiger partial charge in [0.2, 0.25) is 27.7 Å². The minimum absolute atomic E-state index is 0.00402.